The van der Waals surface area contributed by atoms with Crippen LogP contribution in [-0.4, -0.2) is 62.3 Å². The molecule has 2 heterocycles. The fourth-order valence-electron chi connectivity index (χ4n) is 3.59. The molecule has 2 saturated heterocycles. The lowest BCUT2D eigenvalue weighted by molar-refractivity contribution is -0.121. The average molecular weight is 373 g/mol. The zero-order chi connectivity index (χ0) is 18.2. The number of benzene rings is 1. The van der Waals surface area contributed by atoms with E-state index in [9.17, 15) is 22.0 Å². The van der Waals surface area contributed by atoms with Crippen molar-refractivity contribution in [3.05, 3.63) is 29.8 Å². The largest absolute Gasteiger partial charge is 0.356 e. The molecule has 6 nitrogen and oxygen atoms in total. The summed E-state index contributed by atoms with van der Waals surface area (Å²) in [5, 5.41) is 2.80. The second-order valence-electron chi connectivity index (χ2n) is 6.66. The van der Waals surface area contributed by atoms with Gasteiger partial charge in [0.1, 0.15) is 16.5 Å². The van der Waals surface area contributed by atoms with E-state index in [1.165, 1.54) is 4.31 Å². The zero-order valence-electron chi connectivity index (χ0n) is 14.0. The van der Waals surface area contributed by atoms with Crippen molar-refractivity contribution >= 4 is 15.9 Å². The number of rotatable bonds is 2. The summed E-state index contributed by atoms with van der Waals surface area (Å²) in [4.78, 5) is 13.2. The van der Waals surface area contributed by atoms with Crippen LogP contribution in [0.2, 0.25) is 0 Å². The standard InChI is InChI=1S/C16H21F2N3O3S/c1-20-8-9-21(11-16(20)5-4-15(22)19-7-6-16)25(23,24)14-3-2-12(17)10-13(14)18/h2-3,10H,4-9,11H2,1H3,(H,19,22)/t16-/m0/s1. The number of piperazine rings is 1. The quantitative estimate of drug-likeness (QED) is 0.838. The van der Waals surface area contributed by atoms with Gasteiger partial charge in [-0.1, -0.05) is 0 Å². The molecule has 2 aliphatic heterocycles. The van der Waals surface area contributed by atoms with Gasteiger partial charge < -0.3 is 5.32 Å². The third-order valence-electron chi connectivity index (χ3n) is 5.21. The van der Waals surface area contributed by atoms with Gasteiger partial charge in [0.2, 0.25) is 15.9 Å². The van der Waals surface area contributed by atoms with Crippen LogP contribution in [0.3, 0.4) is 0 Å². The molecular weight excluding hydrogens is 352 g/mol. The highest BCUT2D eigenvalue weighted by Gasteiger charge is 2.44. The number of nitrogens with zero attached hydrogens (tertiary/aromatic N) is 2. The number of nitrogens with one attached hydrogen (secondary N) is 1. The minimum absolute atomic E-state index is 0.0464. The Labute approximate surface area is 145 Å². The predicted octanol–water partition coefficient (Wildman–Crippen LogP) is 0.940. The molecule has 2 aliphatic rings. The number of halogens is 2. The normalized spacial score (nSPS) is 26.4. The minimum atomic E-state index is -4.07. The second kappa shape index (κ2) is 6.62. The lowest BCUT2D eigenvalue weighted by Crippen LogP contribution is -2.62. The van der Waals surface area contributed by atoms with Crippen molar-refractivity contribution in [2.75, 3.05) is 33.2 Å². The van der Waals surface area contributed by atoms with Gasteiger partial charge in [0.05, 0.1) is 0 Å². The highest BCUT2D eigenvalue weighted by atomic mass is 32.2. The fourth-order valence-corrected chi connectivity index (χ4v) is 5.15. The van der Waals surface area contributed by atoms with Gasteiger partial charge in [-0.2, -0.15) is 4.31 Å². The molecule has 138 valence electrons. The van der Waals surface area contributed by atoms with E-state index < -0.39 is 32.1 Å². The summed E-state index contributed by atoms with van der Waals surface area (Å²) in [6, 6.07) is 2.48. The molecule has 0 radical (unpaired) electrons. The van der Waals surface area contributed by atoms with Crippen molar-refractivity contribution < 1.29 is 22.0 Å². The van der Waals surface area contributed by atoms with Crippen molar-refractivity contribution in [3.8, 4) is 0 Å². The number of carbonyl (C=O) groups is 1. The van der Waals surface area contributed by atoms with Crippen LogP contribution in [0.4, 0.5) is 8.78 Å². The molecule has 1 spiro atoms. The number of hydrogen-bond donors (Lipinski definition) is 1. The molecule has 3 rings (SSSR count). The van der Waals surface area contributed by atoms with Gasteiger partial charge >= 0.3 is 0 Å². The Morgan fingerprint density at radius 3 is 2.68 bits per heavy atom. The van der Waals surface area contributed by atoms with Crippen LogP contribution in [0.15, 0.2) is 23.1 Å². The molecule has 0 aliphatic carbocycles. The first-order chi connectivity index (χ1) is 11.7. The van der Waals surface area contributed by atoms with Crippen LogP contribution in [0.5, 0.6) is 0 Å². The molecule has 1 atom stereocenters. The summed E-state index contributed by atoms with van der Waals surface area (Å²) in [6.07, 6.45) is 1.48. The molecule has 25 heavy (non-hydrogen) atoms. The van der Waals surface area contributed by atoms with Gasteiger partial charge in [-0.05, 0) is 32.0 Å². The number of likely N-dealkylation sites (N-methyl/N-ethyl adjacent to an activating group) is 1. The van der Waals surface area contributed by atoms with Gasteiger partial charge in [0.25, 0.3) is 0 Å². The highest BCUT2D eigenvalue weighted by Crippen LogP contribution is 2.33. The van der Waals surface area contributed by atoms with Crippen LogP contribution >= 0.6 is 0 Å². The van der Waals surface area contributed by atoms with E-state index in [4.69, 9.17) is 0 Å². The molecule has 1 N–H and O–H groups in total. The van der Waals surface area contributed by atoms with E-state index in [-0.39, 0.29) is 19.0 Å². The highest BCUT2D eigenvalue weighted by molar-refractivity contribution is 7.89. The molecule has 1 aromatic carbocycles. The summed E-state index contributed by atoms with van der Waals surface area (Å²) in [5.41, 5.74) is -0.471. The number of carbonyl (C=O) groups excluding carboxylic acids is 1. The van der Waals surface area contributed by atoms with E-state index in [0.29, 0.717) is 38.4 Å². The maximum atomic E-state index is 14.0. The third kappa shape index (κ3) is 3.40. The average Bonchev–Trinajstić information content (AvgIpc) is 2.72. The van der Waals surface area contributed by atoms with Gasteiger partial charge in [-0.25, -0.2) is 17.2 Å². The summed E-state index contributed by atoms with van der Waals surface area (Å²) < 4.78 is 54.1. The van der Waals surface area contributed by atoms with Gasteiger partial charge in [0.15, 0.2) is 0 Å². The van der Waals surface area contributed by atoms with Crippen molar-refractivity contribution in [2.24, 2.45) is 0 Å². The minimum Gasteiger partial charge on any atom is -0.356 e. The summed E-state index contributed by atoms with van der Waals surface area (Å²) in [7, 11) is -2.16. The van der Waals surface area contributed by atoms with E-state index in [1.54, 1.807) is 0 Å². The first-order valence-corrected chi connectivity index (χ1v) is 9.62. The summed E-state index contributed by atoms with van der Waals surface area (Å²) >= 11 is 0. The monoisotopic (exact) mass is 373 g/mol. The van der Waals surface area contributed by atoms with Crippen molar-refractivity contribution in [2.45, 2.75) is 29.7 Å². The van der Waals surface area contributed by atoms with Gasteiger partial charge in [0, 0.05) is 44.2 Å². The Kier molecular flexibility index (Phi) is 4.82. The van der Waals surface area contributed by atoms with Crippen LogP contribution in [0.25, 0.3) is 0 Å². The summed E-state index contributed by atoms with van der Waals surface area (Å²) in [5.74, 6) is -1.96. The molecule has 1 amide bonds. The molecule has 0 bridgehead atoms. The number of amides is 1. The smallest absolute Gasteiger partial charge is 0.246 e. The molecular formula is C16H21F2N3O3S. The lowest BCUT2D eigenvalue weighted by atomic mass is 9.87. The Bertz CT molecular complexity index is 787. The second-order valence-corrected chi connectivity index (χ2v) is 8.57. The van der Waals surface area contributed by atoms with Crippen molar-refractivity contribution in [3.63, 3.8) is 0 Å². The van der Waals surface area contributed by atoms with E-state index in [0.717, 1.165) is 12.1 Å². The number of sulfonamides is 1. The van der Waals surface area contributed by atoms with Crippen molar-refractivity contribution in [1.29, 1.82) is 0 Å². The Hall–Kier alpha value is -1.58. The molecule has 0 unspecified atom stereocenters. The fraction of sp³-hybridized carbons (Fsp3) is 0.562. The van der Waals surface area contributed by atoms with Gasteiger partial charge in [-0.15, -0.1) is 0 Å². The van der Waals surface area contributed by atoms with E-state index >= 15 is 0 Å². The van der Waals surface area contributed by atoms with Crippen LogP contribution in [-0.2, 0) is 14.8 Å². The molecule has 0 aromatic heterocycles. The zero-order valence-corrected chi connectivity index (χ0v) is 14.8. The van der Waals surface area contributed by atoms with Gasteiger partial charge in [-0.3, -0.25) is 9.69 Å². The molecule has 1 aromatic rings. The third-order valence-corrected chi connectivity index (χ3v) is 7.09. The van der Waals surface area contributed by atoms with Crippen LogP contribution in [0.1, 0.15) is 19.3 Å². The Morgan fingerprint density at radius 1 is 1.20 bits per heavy atom. The predicted molar refractivity (Wildman–Crippen MR) is 87.3 cm³/mol. The van der Waals surface area contributed by atoms with E-state index in [1.807, 2.05) is 7.05 Å². The lowest BCUT2D eigenvalue weighted by Gasteiger charge is -2.48. The molecule has 0 saturated carbocycles. The molecule has 9 heteroatoms. The Morgan fingerprint density at radius 2 is 1.96 bits per heavy atom. The Balaban J connectivity index is 1.91. The first-order valence-electron chi connectivity index (χ1n) is 8.18. The molecule has 2 fully saturated rings. The van der Waals surface area contributed by atoms with E-state index in [2.05, 4.69) is 10.2 Å². The van der Waals surface area contributed by atoms with Crippen LogP contribution in [0, 0.1) is 11.6 Å². The SMILES string of the molecule is CN1CCN(S(=O)(=O)c2ccc(F)cc2F)C[C@]12CCNC(=O)CC2. The topological polar surface area (TPSA) is 69.7 Å². The number of hydrogen-bond acceptors (Lipinski definition) is 4. The maximum Gasteiger partial charge on any atom is 0.246 e. The van der Waals surface area contributed by atoms with Crippen molar-refractivity contribution in [1.82, 2.24) is 14.5 Å². The first kappa shape index (κ1) is 18.2. The maximum absolute atomic E-state index is 14.0. The van der Waals surface area contributed by atoms with Crippen LogP contribution < -0.4 is 5.32 Å². The summed E-state index contributed by atoms with van der Waals surface area (Å²) in [6.45, 7) is 1.36.